The lowest BCUT2D eigenvalue weighted by molar-refractivity contribution is 0.341. The molecule has 2 unspecified atom stereocenters. The van der Waals surface area contributed by atoms with Crippen molar-refractivity contribution < 1.29 is 14.2 Å². The first-order chi connectivity index (χ1) is 9.06. The lowest BCUT2D eigenvalue weighted by atomic mass is 9.93. The molecular formula is C14H22ClO3P. The van der Waals surface area contributed by atoms with Crippen LogP contribution in [0.5, 0.6) is 17.2 Å². The van der Waals surface area contributed by atoms with E-state index in [0.717, 1.165) is 29.9 Å². The van der Waals surface area contributed by atoms with Crippen LogP contribution < -0.4 is 14.2 Å². The van der Waals surface area contributed by atoms with Crippen molar-refractivity contribution in [2.75, 3.05) is 21.3 Å². The number of hydrogen-bond donors (Lipinski definition) is 0. The Morgan fingerprint density at radius 2 is 1.84 bits per heavy atom. The molecule has 0 heterocycles. The average Bonchev–Trinajstić information content (AvgIpc) is 2.45. The Kier molecular flexibility index (Phi) is 6.22. The molecular weight excluding hydrogens is 283 g/mol. The second-order valence-electron chi connectivity index (χ2n) is 4.59. The molecule has 5 heteroatoms. The maximum Gasteiger partial charge on any atom is 0.165 e. The maximum atomic E-state index is 6.23. The van der Waals surface area contributed by atoms with Crippen molar-refractivity contribution in [2.24, 2.45) is 0 Å². The van der Waals surface area contributed by atoms with Crippen LogP contribution in [0.2, 0.25) is 0 Å². The van der Waals surface area contributed by atoms with Crippen LogP contribution in [-0.4, -0.2) is 21.3 Å². The van der Waals surface area contributed by atoms with Gasteiger partial charge in [-0.15, -0.1) is 0 Å². The Balaban J connectivity index is 3.45. The minimum atomic E-state index is -0.135. The summed E-state index contributed by atoms with van der Waals surface area (Å²) in [5.74, 6) is 2.17. The van der Waals surface area contributed by atoms with Crippen LogP contribution in [0.25, 0.3) is 0 Å². The van der Waals surface area contributed by atoms with Gasteiger partial charge in [0.05, 0.1) is 21.3 Å². The molecule has 0 aliphatic rings. The van der Waals surface area contributed by atoms with Crippen molar-refractivity contribution in [1.82, 2.24) is 0 Å². The van der Waals surface area contributed by atoms with Crippen molar-refractivity contribution in [3.05, 3.63) is 17.7 Å². The standard InChI is InChI=1S/C14H22ClO3P/c1-6-7-14(2,19-15)11-8-10(16-3)9-12(17-4)13(11)18-5/h8-9,19H,6-7H2,1-5H3. The monoisotopic (exact) mass is 304 g/mol. The van der Waals surface area contributed by atoms with E-state index in [1.54, 1.807) is 21.3 Å². The van der Waals surface area contributed by atoms with E-state index in [4.69, 9.17) is 25.5 Å². The number of hydrogen-bond acceptors (Lipinski definition) is 3. The van der Waals surface area contributed by atoms with Crippen LogP contribution in [0, 0.1) is 0 Å². The lowest BCUT2D eigenvalue weighted by Crippen LogP contribution is -2.16. The minimum Gasteiger partial charge on any atom is -0.497 e. The Bertz CT molecular complexity index is 425. The SMILES string of the molecule is CCCC(C)(PCl)c1cc(OC)cc(OC)c1OC. The molecule has 0 fully saturated rings. The fourth-order valence-electron chi connectivity index (χ4n) is 2.20. The lowest BCUT2D eigenvalue weighted by Gasteiger charge is -2.29. The quantitative estimate of drug-likeness (QED) is 0.691. The fraction of sp³-hybridized carbons (Fsp3) is 0.571. The molecule has 0 amide bonds. The minimum absolute atomic E-state index is 0.135. The van der Waals surface area contributed by atoms with Crippen molar-refractivity contribution in [2.45, 2.75) is 31.8 Å². The van der Waals surface area contributed by atoms with E-state index in [9.17, 15) is 0 Å². The maximum absolute atomic E-state index is 6.23. The van der Waals surface area contributed by atoms with Crippen molar-refractivity contribution >= 4 is 19.2 Å². The van der Waals surface area contributed by atoms with Gasteiger partial charge < -0.3 is 14.2 Å². The Morgan fingerprint density at radius 3 is 2.26 bits per heavy atom. The molecule has 0 saturated heterocycles. The summed E-state index contributed by atoms with van der Waals surface area (Å²) in [6, 6.07) is 3.82. The van der Waals surface area contributed by atoms with Gasteiger partial charge in [0.15, 0.2) is 11.5 Å². The van der Waals surface area contributed by atoms with Crippen molar-refractivity contribution in [3.8, 4) is 17.2 Å². The van der Waals surface area contributed by atoms with Crippen LogP contribution >= 0.6 is 19.2 Å². The van der Waals surface area contributed by atoms with Gasteiger partial charge >= 0.3 is 0 Å². The van der Waals surface area contributed by atoms with E-state index < -0.39 is 0 Å². The number of methoxy groups -OCH3 is 3. The molecule has 2 atom stereocenters. The number of benzene rings is 1. The predicted octanol–water partition coefficient (Wildman–Crippen LogP) is 4.56. The number of rotatable bonds is 7. The molecule has 1 aromatic rings. The second-order valence-corrected chi connectivity index (χ2v) is 6.45. The summed E-state index contributed by atoms with van der Waals surface area (Å²) in [5.41, 5.74) is 1.04. The van der Waals surface area contributed by atoms with E-state index in [-0.39, 0.29) is 13.1 Å². The van der Waals surface area contributed by atoms with Crippen LogP contribution in [0.3, 0.4) is 0 Å². The van der Waals surface area contributed by atoms with Gasteiger partial charge in [-0.2, -0.15) is 0 Å². The molecule has 3 nitrogen and oxygen atoms in total. The van der Waals surface area contributed by atoms with Gasteiger partial charge in [-0.3, -0.25) is 0 Å². The third-order valence-electron chi connectivity index (χ3n) is 3.24. The van der Waals surface area contributed by atoms with Crippen LogP contribution in [0.1, 0.15) is 32.3 Å². The summed E-state index contributed by atoms with van der Waals surface area (Å²) in [6.07, 6.45) is 2.04. The molecule has 1 rings (SSSR count). The van der Waals surface area contributed by atoms with Gasteiger partial charge in [0, 0.05) is 16.8 Å². The van der Waals surface area contributed by atoms with Gasteiger partial charge in [-0.25, -0.2) is 0 Å². The summed E-state index contributed by atoms with van der Waals surface area (Å²) in [4.78, 5) is 0. The zero-order valence-corrected chi connectivity index (χ0v) is 13.9. The van der Waals surface area contributed by atoms with E-state index >= 15 is 0 Å². The van der Waals surface area contributed by atoms with Gasteiger partial charge in [0.1, 0.15) is 5.75 Å². The zero-order chi connectivity index (χ0) is 14.5. The first-order valence-corrected chi connectivity index (χ1v) is 8.25. The fourth-order valence-corrected chi connectivity index (χ4v) is 3.42. The molecule has 0 radical (unpaired) electrons. The first-order valence-electron chi connectivity index (χ1n) is 6.24. The summed E-state index contributed by atoms with van der Waals surface area (Å²) in [5, 5.41) is -0.135. The molecule has 0 N–H and O–H groups in total. The number of ether oxygens (including phenoxy) is 3. The largest absolute Gasteiger partial charge is 0.497 e. The van der Waals surface area contributed by atoms with Crippen molar-refractivity contribution in [3.63, 3.8) is 0 Å². The summed E-state index contributed by atoms with van der Waals surface area (Å²) in [6.45, 7) is 4.30. The molecule has 0 saturated carbocycles. The van der Waals surface area contributed by atoms with Gasteiger partial charge in [0.2, 0.25) is 0 Å². The molecule has 0 bridgehead atoms. The first kappa shape index (κ1) is 16.4. The molecule has 1 aromatic carbocycles. The third kappa shape index (κ3) is 3.46. The molecule has 108 valence electrons. The second kappa shape index (κ2) is 7.21. The molecule has 0 aliphatic carbocycles. The van der Waals surface area contributed by atoms with Crippen LogP contribution in [0.4, 0.5) is 0 Å². The van der Waals surface area contributed by atoms with Gasteiger partial charge in [-0.1, -0.05) is 31.5 Å². The van der Waals surface area contributed by atoms with Crippen LogP contribution in [0.15, 0.2) is 12.1 Å². The molecule has 0 aromatic heterocycles. The topological polar surface area (TPSA) is 27.7 Å². The van der Waals surface area contributed by atoms with E-state index in [1.807, 2.05) is 12.1 Å². The Morgan fingerprint density at radius 1 is 1.16 bits per heavy atom. The molecule has 0 spiro atoms. The smallest absolute Gasteiger partial charge is 0.165 e. The normalized spacial score (nSPS) is 14.4. The average molecular weight is 305 g/mol. The Labute approximate surface area is 122 Å². The van der Waals surface area contributed by atoms with E-state index in [1.165, 1.54) is 0 Å². The summed E-state index contributed by atoms with van der Waals surface area (Å²) < 4.78 is 16.3. The Hall–Kier alpha value is -0.660. The molecule has 0 aliphatic heterocycles. The van der Waals surface area contributed by atoms with Gasteiger partial charge in [0.25, 0.3) is 0 Å². The summed E-state index contributed by atoms with van der Waals surface area (Å²) in [7, 11) is 5.18. The highest BCUT2D eigenvalue weighted by Crippen LogP contribution is 2.53. The van der Waals surface area contributed by atoms with E-state index in [2.05, 4.69) is 13.8 Å². The predicted molar refractivity (Wildman–Crippen MR) is 82.5 cm³/mol. The highest BCUT2D eigenvalue weighted by Gasteiger charge is 2.31. The molecule has 19 heavy (non-hydrogen) atoms. The van der Waals surface area contributed by atoms with Crippen LogP contribution in [-0.2, 0) is 5.16 Å². The highest BCUT2D eigenvalue weighted by atomic mass is 35.7. The third-order valence-corrected chi connectivity index (χ3v) is 5.43. The number of halogens is 1. The highest BCUT2D eigenvalue weighted by molar-refractivity contribution is 7.69. The van der Waals surface area contributed by atoms with Gasteiger partial charge in [-0.05, 0) is 20.4 Å². The summed E-state index contributed by atoms with van der Waals surface area (Å²) >= 11 is 6.23. The van der Waals surface area contributed by atoms with Crippen molar-refractivity contribution in [1.29, 1.82) is 0 Å². The van der Waals surface area contributed by atoms with E-state index in [0.29, 0.717) is 5.75 Å². The zero-order valence-electron chi connectivity index (χ0n) is 12.2.